The van der Waals surface area contributed by atoms with E-state index in [0.29, 0.717) is 5.56 Å². The van der Waals surface area contributed by atoms with Crippen molar-refractivity contribution in [1.29, 1.82) is 0 Å². The van der Waals surface area contributed by atoms with Crippen molar-refractivity contribution in [3.05, 3.63) is 33.4 Å². The lowest BCUT2D eigenvalue weighted by Gasteiger charge is -2.10. The summed E-state index contributed by atoms with van der Waals surface area (Å²) in [6.45, 7) is 3.53. The van der Waals surface area contributed by atoms with Crippen LogP contribution in [0.2, 0.25) is 0 Å². The Bertz CT molecular complexity index is 455. The van der Waals surface area contributed by atoms with Gasteiger partial charge in [0.15, 0.2) is 0 Å². The van der Waals surface area contributed by atoms with Gasteiger partial charge in [-0.1, -0.05) is 6.07 Å². The van der Waals surface area contributed by atoms with E-state index in [-0.39, 0.29) is 23.6 Å². The molecule has 0 atom stereocenters. The van der Waals surface area contributed by atoms with Gasteiger partial charge in [0, 0.05) is 6.07 Å². The largest absolute Gasteiger partial charge is 0.490 e. The molecule has 0 aromatic heterocycles. The standard InChI is InChI=1S/C11H13NO5/c1-4-17-11(13)9-7(2)5-6-8(12(14)15)10(9)16-3/h5-6H,4H2,1-3H3. The van der Waals surface area contributed by atoms with E-state index in [1.165, 1.54) is 19.2 Å². The lowest BCUT2D eigenvalue weighted by molar-refractivity contribution is -0.385. The van der Waals surface area contributed by atoms with Crippen LogP contribution in [0.25, 0.3) is 0 Å². The van der Waals surface area contributed by atoms with Crippen LogP contribution >= 0.6 is 0 Å². The van der Waals surface area contributed by atoms with Gasteiger partial charge in [-0.3, -0.25) is 10.1 Å². The molecule has 0 bridgehead atoms. The zero-order valence-corrected chi connectivity index (χ0v) is 9.85. The average molecular weight is 239 g/mol. The first-order valence-electron chi connectivity index (χ1n) is 5.02. The van der Waals surface area contributed by atoms with Crippen LogP contribution in [0.15, 0.2) is 12.1 Å². The maximum atomic E-state index is 11.7. The van der Waals surface area contributed by atoms with Crippen molar-refractivity contribution >= 4 is 11.7 Å². The number of benzene rings is 1. The quantitative estimate of drug-likeness (QED) is 0.456. The summed E-state index contributed by atoms with van der Waals surface area (Å²) >= 11 is 0. The highest BCUT2D eigenvalue weighted by Gasteiger charge is 2.25. The Balaban J connectivity index is 3.40. The molecule has 1 aromatic carbocycles. The van der Waals surface area contributed by atoms with E-state index in [9.17, 15) is 14.9 Å². The van der Waals surface area contributed by atoms with E-state index in [1.54, 1.807) is 13.8 Å². The van der Waals surface area contributed by atoms with Crippen molar-refractivity contribution in [3.8, 4) is 5.75 Å². The van der Waals surface area contributed by atoms with E-state index in [1.807, 2.05) is 0 Å². The summed E-state index contributed by atoms with van der Waals surface area (Å²) in [7, 11) is 1.28. The summed E-state index contributed by atoms with van der Waals surface area (Å²) in [6.07, 6.45) is 0. The molecule has 1 aromatic rings. The molecule has 0 N–H and O–H groups in total. The first-order chi connectivity index (χ1) is 8.02. The molecule has 6 nitrogen and oxygen atoms in total. The number of carbonyl (C=O) groups is 1. The number of hydrogen-bond acceptors (Lipinski definition) is 5. The third-order valence-corrected chi connectivity index (χ3v) is 2.23. The fraction of sp³-hybridized carbons (Fsp3) is 0.364. The number of esters is 1. The first-order valence-corrected chi connectivity index (χ1v) is 5.02. The lowest BCUT2D eigenvalue weighted by Crippen LogP contribution is -2.10. The van der Waals surface area contributed by atoms with Crippen LogP contribution in [0, 0.1) is 17.0 Å². The zero-order chi connectivity index (χ0) is 13.0. The third kappa shape index (κ3) is 2.52. The van der Waals surface area contributed by atoms with Gasteiger partial charge < -0.3 is 9.47 Å². The van der Waals surface area contributed by atoms with Gasteiger partial charge in [0.25, 0.3) is 0 Å². The highest BCUT2D eigenvalue weighted by Crippen LogP contribution is 2.33. The molecule has 0 saturated carbocycles. The first kappa shape index (κ1) is 13.0. The van der Waals surface area contributed by atoms with Crippen molar-refractivity contribution in [2.24, 2.45) is 0 Å². The summed E-state index contributed by atoms with van der Waals surface area (Å²) < 4.78 is 9.79. The summed E-state index contributed by atoms with van der Waals surface area (Å²) in [5.41, 5.74) is 0.426. The van der Waals surface area contributed by atoms with Crippen LogP contribution in [-0.4, -0.2) is 24.6 Å². The summed E-state index contributed by atoms with van der Waals surface area (Å²) in [6, 6.07) is 2.80. The summed E-state index contributed by atoms with van der Waals surface area (Å²) in [5, 5.41) is 10.8. The fourth-order valence-corrected chi connectivity index (χ4v) is 1.48. The van der Waals surface area contributed by atoms with Crippen LogP contribution in [0.3, 0.4) is 0 Å². The van der Waals surface area contributed by atoms with Crippen molar-refractivity contribution in [1.82, 2.24) is 0 Å². The highest BCUT2D eigenvalue weighted by atomic mass is 16.6. The number of nitro groups is 1. The van der Waals surface area contributed by atoms with Gasteiger partial charge in [-0.2, -0.15) is 0 Å². The SMILES string of the molecule is CCOC(=O)c1c(C)ccc([N+](=O)[O-])c1OC. The second-order valence-corrected chi connectivity index (χ2v) is 3.29. The molecule has 6 heteroatoms. The Kier molecular flexibility index (Phi) is 4.03. The number of ether oxygens (including phenoxy) is 2. The topological polar surface area (TPSA) is 78.7 Å². The van der Waals surface area contributed by atoms with Gasteiger partial charge in [-0.25, -0.2) is 4.79 Å². The van der Waals surface area contributed by atoms with Crippen molar-refractivity contribution < 1.29 is 19.2 Å². The molecule has 0 aliphatic heterocycles. The van der Waals surface area contributed by atoms with Gasteiger partial charge in [0.2, 0.25) is 5.75 Å². The van der Waals surface area contributed by atoms with Crippen LogP contribution in [0.4, 0.5) is 5.69 Å². The molecule has 0 unspecified atom stereocenters. The Morgan fingerprint density at radius 3 is 2.59 bits per heavy atom. The van der Waals surface area contributed by atoms with E-state index in [0.717, 1.165) is 0 Å². The van der Waals surface area contributed by atoms with E-state index in [2.05, 4.69) is 0 Å². The average Bonchev–Trinajstić information content (AvgIpc) is 2.28. The predicted octanol–water partition coefficient (Wildman–Crippen LogP) is 2.09. The minimum absolute atomic E-state index is 0.0616. The molecule has 0 fully saturated rings. The number of nitrogens with zero attached hydrogens (tertiary/aromatic N) is 1. The maximum absolute atomic E-state index is 11.7. The molecular formula is C11H13NO5. The minimum atomic E-state index is -0.620. The third-order valence-electron chi connectivity index (χ3n) is 2.23. The minimum Gasteiger partial charge on any atom is -0.490 e. The highest BCUT2D eigenvalue weighted by molar-refractivity contribution is 5.95. The molecule has 17 heavy (non-hydrogen) atoms. The molecule has 1 rings (SSSR count). The monoisotopic (exact) mass is 239 g/mol. The van der Waals surface area contributed by atoms with Gasteiger partial charge in [0.1, 0.15) is 5.56 Å². The Morgan fingerprint density at radius 2 is 2.12 bits per heavy atom. The van der Waals surface area contributed by atoms with E-state index in [4.69, 9.17) is 9.47 Å². The van der Waals surface area contributed by atoms with Gasteiger partial charge in [-0.15, -0.1) is 0 Å². The van der Waals surface area contributed by atoms with Gasteiger partial charge >= 0.3 is 11.7 Å². The molecule has 0 heterocycles. The predicted molar refractivity (Wildman–Crippen MR) is 60.3 cm³/mol. The summed E-state index contributed by atoms with van der Waals surface area (Å²) in [4.78, 5) is 21.9. The van der Waals surface area contributed by atoms with Crippen LogP contribution in [0.5, 0.6) is 5.75 Å². The van der Waals surface area contributed by atoms with Crippen LogP contribution in [0.1, 0.15) is 22.8 Å². The Labute approximate surface area is 98.3 Å². The number of methoxy groups -OCH3 is 1. The Morgan fingerprint density at radius 1 is 1.47 bits per heavy atom. The van der Waals surface area contributed by atoms with Crippen molar-refractivity contribution in [2.75, 3.05) is 13.7 Å². The molecule has 92 valence electrons. The van der Waals surface area contributed by atoms with E-state index >= 15 is 0 Å². The molecule has 0 amide bonds. The summed E-state index contributed by atoms with van der Waals surface area (Å²) in [5.74, 6) is -0.681. The number of rotatable bonds is 4. The molecule has 0 aliphatic carbocycles. The van der Waals surface area contributed by atoms with Crippen molar-refractivity contribution in [3.63, 3.8) is 0 Å². The van der Waals surface area contributed by atoms with Gasteiger partial charge in [-0.05, 0) is 19.4 Å². The molecular weight excluding hydrogens is 226 g/mol. The van der Waals surface area contributed by atoms with Gasteiger partial charge in [0.05, 0.1) is 18.6 Å². The number of carbonyl (C=O) groups excluding carboxylic acids is 1. The second kappa shape index (κ2) is 5.29. The van der Waals surface area contributed by atoms with E-state index < -0.39 is 10.9 Å². The number of aryl methyl sites for hydroxylation is 1. The fourth-order valence-electron chi connectivity index (χ4n) is 1.48. The molecule has 0 spiro atoms. The van der Waals surface area contributed by atoms with Crippen LogP contribution < -0.4 is 4.74 Å². The lowest BCUT2D eigenvalue weighted by atomic mass is 10.1. The number of hydrogen-bond donors (Lipinski definition) is 0. The molecule has 0 radical (unpaired) electrons. The smallest absolute Gasteiger partial charge is 0.342 e. The van der Waals surface area contributed by atoms with Crippen LogP contribution in [-0.2, 0) is 4.74 Å². The maximum Gasteiger partial charge on any atom is 0.342 e. The zero-order valence-electron chi connectivity index (χ0n) is 9.85. The second-order valence-electron chi connectivity index (χ2n) is 3.29. The normalized spacial score (nSPS) is 9.82. The Hall–Kier alpha value is -2.11. The molecule has 0 saturated heterocycles. The molecule has 0 aliphatic rings. The van der Waals surface area contributed by atoms with Crippen molar-refractivity contribution in [2.45, 2.75) is 13.8 Å². The number of nitro benzene ring substituents is 1.